The Bertz CT molecular complexity index is 1380. The SMILES string of the molecule is O=C(NCc1ccccc1)c1cncc(-c2cnc(Cl)c(NS(=O)(=O)c3ccccc3)c2)c1. The largest absolute Gasteiger partial charge is 0.348 e. The van der Waals surface area contributed by atoms with Crippen LogP contribution in [0.5, 0.6) is 0 Å². The molecular formula is C24H19ClN4O3S. The third kappa shape index (κ3) is 5.54. The van der Waals surface area contributed by atoms with Crippen LogP contribution in [0.1, 0.15) is 15.9 Å². The Balaban J connectivity index is 1.55. The molecule has 4 rings (SSSR count). The number of halogens is 1. The number of sulfonamides is 1. The maximum absolute atomic E-state index is 12.7. The molecule has 2 aromatic carbocycles. The van der Waals surface area contributed by atoms with Gasteiger partial charge in [-0.3, -0.25) is 14.5 Å². The van der Waals surface area contributed by atoms with Crippen LogP contribution in [-0.2, 0) is 16.6 Å². The lowest BCUT2D eigenvalue weighted by molar-refractivity contribution is 0.0950. The van der Waals surface area contributed by atoms with Gasteiger partial charge in [-0.1, -0.05) is 60.1 Å². The minimum absolute atomic E-state index is 0.00275. The summed E-state index contributed by atoms with van der Waals surface area (Å²) in [6.07, 6.45) is 4.52. The number of benzene rings is 2. The summed E-state index contributed by atoms with van der Waals surface area (Å²) in [7, 11) is -3.84. The summed E-state index contributed by atoms with van der Waals surface area (Å²) < 4.78 is 27.8. The normalized spacial score (nSPS) is 11.1. The number of hydrogen-bond donors (Lipinski definition) is 2. The summed E-state index contributed by atoms with van der Waals surface area (Å²) in [4.78, 5) is 20.9. The molecule has 0 saturated carbocycles. The van der Waals surface area contributed by atoms with Gasteiger partial charge in [0, 0.05) is 36.3 Å². The Morgan fingerprint density at radius 3 is 2.27 bits per heavy atom. The van der Waals surface area contributed by atoms with Gasteiger partial charge in [0.2, 0.25) is 0 Å². The van der Waals surface area contributed by atoms with E-state index < -0.39 is 10.0 Å². The highest BCUT2D eigenvalue weighted by Crippen LogP contribution is 2.28. The smallest absolute Gasteiger partial charge is 0.261 e. The van der Waals surface area contributed by atoms with Gasteiger partial charge in [-0.05, 0) is 29.8 Å². The summed E-state index contributed by atoms with van der Waals surface area (Å²) >= 11 is 6.14. The quantitative estimate of drug-likeness (QED) is 0.380. The van der Waals surface area contributed by atoms with Crippen molar-refractivity contribution in [1.29, 1.82) is 0 Å². The van der Waals surface area contributed by atoms with E-state index in [0.717, 1.165) is 5.56 Å². The van der Waals surface area contributed by atoms with E-state index in [1.165, 1.54) is 24.5 Å². The topological polar surface area (TPSA) is 101 Å². The third-order valence-electron chi connectivity index (χ3n) is 4.77. The van der Waals surface area contributed by atoms with Gasteiger partial charge in [0.1, 0.15) is 0 Å². The first-order valence-corrected chi connectivity index (χ1v) is 11.8. The molecule has 33 heavy (non-hydrogen) atoms. The number of carbonyl (C=O) groups is 1. The van der Waals surface area contributed by atoms with Gasteiger partial charge in [0.25, 0.3) is 15.9 Å². The molecule has 0 aliphatic rings. The second-order valence-electron chi connectivity index (χ2n) is 7.11. The first-order chi connectivity index (χ1) is 15.9. The van der Waals surface area contributed by atoms with E-state index in [9.17, 15) is 13.2 Å². The second-order valence-corrected chi connectivity index (χ2v) is 9.15. The van der Waals surface area contributed by atoms with Crippen LogP contribution in [-0.4, -0.2) is 24.3 Å². The first-order valence-electron chi connectivity index (χ1n) is 9.93. The molecule has 0 aliphatic heterocycles. The molecule has 166 valence electrons. The van der Waals surface area contributed by atoms with Crippen molar-refractivity contribution < 1.29 is 13.2 Å². The second kappa shape index (κ2) is 9.81. The highest BCUT2D eigenvalue weighted by Gasteiger charge is 2.17. The van der Waals surface area contributed by atoms with Gasteiger partial charge >= 0.3 is 0 Å². The van der Waals surface area contributed by atoms with Crippen LogP contribution in [0.3, 0.4) is 0 Å². The van der Waals surface area contributed by atoms with E-state index in [1.807, 2.05) is 30.3 Å². The van der Waals surface area contributed by atoms with Crippen molar-refractivity contribution in [2.24, 2.45) is 0 Å². The van der Waals surface area contributed by atoms with Crippen LogP contribution < -0.4 is 10.0 Å². The Hall–Kier alpha value is -3.75. The zero-order chi connectivity index (χ0) is 23.3. The molecule has 0 fully saturated rings. The predicted molar refractivity (Wildman–Crippen MR) is 127 cm³/mol. The fourth-order valence-electron chi connectivity index (χ4n) is 3.08. The number of carbonyl (C=O) groups excluding carboxylic acids is 1. The van der Waals surface area contributed by atoms with Crippen molar-refractivity contribution in [1.82, 2.24) is 15.3 Å². The van der Waals surface area contributed by atoms with Gasteiger partial charge in [0.15, 0.2) is 5.15 Å². The Morgan fingerprint density at radius 2 is 1.55 bits per heavy atom. The van der Waals surface area contributed by atoms with Gasteiger partial charge < -0.3 is 5.32 Å². The minimum atomic E-state index is -3.84. The molecule has 2 aromatic heterocycles. The molecular weight excluding hydrogens is 460 g/mol. The highest BCUT2D eigenvalue weighted by atomic mass is 35.5. The van der Waals surface area contributed by atoms with Crippen molar-refractivity contribution in [2.75, 3.05) is 4.72 Å². The number of hydrogen-bond acceptors (Lipinski definition) is 5. The van der Waals surface area contributed by atoms with E-state index in [0.29, 0.717) is 23.2 Å². The number of anilines is 1. The van der Waals surface area contributed by atoms with Crippen molar-refractivity contribution in [3.8, 4) is 11.1 Å². The van der Waals surface area contributed by atoms with Gasteiger partial charge in [0.05, 0.1) is 16.1 Å². The highest BCUT2D eigenvalue weighted by molar-refractivity contribution is 7.92. The van der Waals surface area contributed by atoms with Crippen LogP contribution in [0, 0.1) is 0 Å². The lowest BCUT2D eigenvalue weighted by atomic mass is 10.1. The number of pyridine rings is 2. The molecule has 4 aromatic rings. The molecule has 0 radical (unpaired) electrons. The third-order valence-corrected chi connectivity index (χ3v) is 6.45. The molecule has 0 unspecified atom stereocenters. The number of nitrogens with zero attached hydrogens (tertiary/aromatic N) is 2. The maximum Gasteiger partial charge on any atom is 0.261 e. The van der Waals surface area contributed by atoms with E-state index in [1.54, 1.807) is 36.5 Å². The fraction of sp³-hybridized carbons (Fsp3) is 0.0417. The summed E-state index contributed by atoms with van der Waals surface area (Å²) in [6, 6.07) is 20.7. The Labute approximate surface area is 196 Å². The average Bonchev–Trinajstić information content (AvgIpc) is 2.85. The number of amides is 1. The molecule has 0 aliphatic carbocycles. The van der Waals surface area contributed by atoms with E-state index in [-0.39, 0.29) is 21.6 Å². The molecule has 0 spiro atoms. The maximum atomic E-state index is 12.7. The number of rotatable bonds is 7. The molecule has 1 amide bonds. The predicted octanol–water partition coefficient (Wildman–Crippen LogP) is 4.53. The van der Waals surface area contributed by atoms with Crippen LogP contribution in [0.4, 0.5) is 5.69 Å². The average molecular weight is 479 g/mol. The molecule has 0 saturated heterocycles. The van der Waals surface area contributed by atoms with Gasteiger partial charge in [-0.15, -0.1) is 0 Å². The molecule has 2 heterocycles. The summed E-state index contributed by atoms with van der Waals surface area (Å²) in [5.41, 5.74) is 2.61. The van der Waals surface area contributed by atoms with Crippen LogP contribution in [0.2, 0.25) is 5.15 Å². The van der Waals surface area contributed by atoms with Crippen molar-refractivity contribution in [3.05, 3.63) is 108 Å². The molecule has 7 nitrogen and oxygen atoms in total. The first kappa shape index (κ1) is 22.4. The zero-order valence-electron chi connectivity index (χ0n) is 17.3. The summed E-state index contributed by atoms with van der Waals surface area (Å²) in [6.45, 7) is 0.387. The zero-order valence-corrected chi connectivity index (χ0v) is 18.8. The van der Waals surface area contributed by atoms with Crippen LogP contribution in [0.25, 0.3) is 11.1 Å². The molecule has 0 bridgehead atoms. The standard InChI is InChI=1S/C24H19ClN4O3S/c25-23-22(29-33(31,32)21-9-5-2-6-10-21)12-19(16-27-23)18-11-20(15-26-14-18)24(30)28-13-17-7-3-1-4-8-17/h1-12,14-16,29H,13H2,(H,28,30). The minimum Gasteiger partial charge on any atom is -0.348 e. The number of aromatic nitrogens is 2. The van der Waals surface area contributed by atoms with Crippen LogP contribution >= 0.6 is 11.6 Å². The van der Waals surface area contributed by atoms with Crippen molar-refractivity contribution in [3.63, 3.8) is 0 Å². The van der Waals surface area contributed by atoms with Crippen molar-refractivity contribution in [2.45, 2.75) is 11.4 Å². The van der Waals surface area contributed by atoms with Gasteiger partial charge in [-0.25, -0.2) is 13.4 Å². The summed E-state index contributed by atoms with van der Waals surface area (Å²) in [5.74, 6) is -0.278. The molecule has 0 atom stereocenters. The molecule has 2 N–H and O–H groups in total. The van der Waals surface area contributed by atoms with E-state index in [4.69, 9.17) is 11.6 Å². The number of nitrogens with one attached hydrogen (secondary N) is 2. The lowest BCUT2D eigenvalue weighted by Crippen LogP contribution is -2.22. The van der Waals surface area contributed by atoms with Crippen LogP contribution in [0.15, 0.2) is 96.3 Å². The van der Waals surface area contributed by atoms with Crippen molar-refractivity contribution >= 4 is 33.2 Å². The van der Waals surface area contributed by atoms with E-state index >= 15 is 0 Å². The summed E-state index contributed by atoms with van der Waals surface area (Å²) in [5, 5.41) is 2.86. The fourth-order valence-corrected chi connectivity index (χ4v) is 4.37. The monoisotopic (exact) mass is 478 g/mol. The van der Waals surface area contributed by atoms with E-state index in [2.05, 4.69) is 20.0 Å². The Kier molecular flexibility index (Phi) is 6.67. The van der Waals surface area contributed by atoms with Gasteiger partial charge in [-0.2, -0.15) is 0 Å². The Morgan fingerprint density at radius 1 is 0.879 bits per heavy atom. The molecule has 9 heteroatoms. The lowest BCUT2D eigenvalue weighted by Gasteiger charge is -2.11.